The Morgan fingerprint density at radius 3 is 2.30 bits per heavy atom. The first-order chi connectivity index (χ1) is 10.9. The lowest BCUT2D eigenvalue weighted by Crippen LogP contribution is -2.29. The summed E-state index contributed by atoms with van der Waals surface area (Å²) in [5.74, 6) is 2.09. The molecule has 1 aliphatic rings. The second-order valence-electron chi connectivity index (χ2n) is 6.37. The maximum Gasteiger partial charge on any atom is 0.349 e. The average molecular weight is 337 g/mol. The van der Waals surface area contributed by atoms with E-state index in [-0.39, 0.29) is 12.6 Å². The van der Waals surface area contributed by atoms with E-state index in [2.05, 4.69) is 0 Å². The fraction of sp³-hybridized carbons (Fsp3) is 0.556. The molecule has 1 aliphatic heterocycles. The molecule has 0 N–H and O–H groups in total. The lowest BCUT2D eigenvalue weighted by molar-refractivity contribution is -0.161. The minimum atomic E-state index is -0.579. The molecule has 0 atom stereocenters. The molecule has 5 heteroatoms. The van der Waals surface area contributed by atoms with Crippen LogP contribution in [0.5, 0.6) is 5.75 Å². The highest BCUT2D eigenvalue weighted by Gasteiger charge is 2.28. The zero-order valence-corrected chi connectivity index (χ0v) is 14.9. The second kappa shape index (κ2) is 7.86. The van der Waals surface area contributed by atoms with Crippen LogP contribution in [0.1, 0.15) is 40.0 Å². The summed E-state index contributed by atoms with van der Waals surface area (Å²) in [6.07, 6.45) is 3.27. The van der Waals surface area contributed by atoms with Crippen LogP contribution in [0.2, 0.25) is 0 Å². The molecule has 1 fully saturated rings. The van der Waals surface area contributed by atoms with E-state index in [1.54, 1.807) is 13.8 Å². The molecule has 0 aliphatic carbocycles. The molecule has 0 saturated carbocycles. The molecule has 0 radical (unpaired) electrons. The van der Waals surface area contributed by atoms with Gasteiger partial charge in [0.05, 0.1) is 5.41 Å². The lowest BCUT2D eigenvalue weighted by Gasteiger charge is -2.19. The van der Waals surface area contributed by atoms with Crippen LogP contribution in [0.25, 0.3) is 0 Å². The highest BCUT2D eigenvalue weighted by atomic mass is 32.2. The Kier molecular flexibility index (Phi) is 6.10. The van der Waals surface area contributed by atoms with E-state index in [1.807, 2.05) is 31.2 Å². The minimum absolute atomic E-state index is 0.353. The van der Waals surface area contributed by atoms with Gasteiger partial charge in [0.1, 0.15) is 17.3 Å². The van der Waals surface area contributed by atoms with Crippen LogP contribution in [0, 0.1) is 5.41 Å². The normalized spacial score (nSPS) is 15.4. The lowest BCUT2D eigenvalue weighted by atomic mass is 9.91. The van der Waals surface area contributed by atoms with Gasteiger partial charge in [-0.15, -0.1) is 0 Å². The summed E-state index contributed by atoms with van der Waals surface area (Å²) < 4.78 is 10.2. The molecule has 2 rings (SSSR count). The summed E-state index contributed by atoms with van der Waals surface area (Å²) in [5, 5.41) is 0. The summed E-state index contributed by atoms with van der Waals surface area (Å²) in [4.78, 5) is 24.9. The standard InChI is InChI=1S/C18H25O4S/c1-4-18(2,3)17(20)21-13-16(19)22-14-7-9-15(10-8-14)23-11-5-6-12-23/h7-10H,4-6,11-13H2,1-3H3/q+1. The molecule has 126 valence electrons. The predicted molar refractivity (Wildman–Crippen MR) is 91.7 cm³/mol. The highest BCUT2D eigenvalue weighted by Crippen LogP contribution is 2.25. The Bertz CT molecular complexity index is 545. The number of carbonyl (C=O) groups excluding carboxylic acids is 2. The van der Waals surface area contributed by atoms with Crippen molar-refractivity contribution in [3.63, 3.8) is 0 Å². The van der Waals surface area contributed by atoms with E-state index in [0.29, 0.717) is 23.1 Å². The third-order valence-corrected chi connectivity index (χ3v) is 6.68. The van der Waals surface area contributed by atoms with Gasteiger partial charge in [-0.25, -0.2) is 4.79 Å². The topological polar surface area (TPSA) is 52.6 Å². The predicted octanol–water partition coefficient (Wildman–Crippen LogP) is 3.34. The van der Waals surface area contributed by atoms with Gasteiger partial charge in [0, 0.05) is 10.9 Å². The van der Waals surface area contributed by atoms with Gasteiger partial charge in [0.15, 0.2) is 11.5 Å². The summed E-state index contributed by atoms with van der Waals surface area (Å²) >= 11 is 0. The smallest absolute Gasteiger partial charge is 0.349 e. The molecule has 0 unspecified atom stereocenters. The minimum Gasteiger partial charge on any atom is -0.453 e. The van der Waals surface area contributed by atoms with E-state index >= 15 is 0 Å². The molecular weight excluding hydrogens is 312 g/mol. The zero-order chi connectivity index (χ0) is 16.9. The Morgan fingerprint density at radius 2 is 1.74 bits per heavy atom. The largest absolute Gasteiger partial charge is 0.453 e. The number of hydrogen-bond donors (Lipinski definition) is 0. The van der Waals surface area contributed by atoms with Gasteiger partial charge < -0.3 is 9.47 Å². The van der Waals surface area contributed by atoms with E-state index < -0.39 is 11.4 Å². The van der Waals surface area contributed by atoms with Crippen molar-refractivity contribution in [3.05, 3.63) is 24.3 Å². The zero-order valence-electron chi connectivity index (χ0n) is 14.1. The maximum atomic E-state index is 11.8. The van der Waals surface area contributed by atoms with Crippen molar-refractivity contribution in [2.24, 2.45) is 5.41 Å². The number of hydrogen-bond acceptors (Lipinski definition) is 4. The molecule has 1 aromatic rings. The summed E-state index contributed by atoms with van der Waals surface area (Å²) in [6.45, 7) is 5.15. The Hall–Kier alpha value is -1.49. The van der Waals surface area contributed by atoms with Gasteiger partial charge in [-0.3, -0.25) is 4.79 Å². The van der Waals surface area contributed by atoms with Crippen molar-refractivity contribution in [3.8, 4) is 5.75 Å². The number of esters is 2. The van der Waals surface area contributed by atoms with Crippen molar-refractivity contribution in [1.29, 1.82) is 0 Å². The SMILES string of the molecule is CCC(C)(C)C(=O)OCC(=O)Oc1ccc([S+]2CCCC2)cc1. The number of ether oxygens (including phenoxy) is 2. The van der Waals surface area contributed by atoms with Gasteiger partial charge in [-0.1, -0.05) is 6.92 Å². The van der Waals surface area contributed by atoms with E-state index in [0.717, 1.165) is 0 Å². The Morgan fingerprint density at radius 1 is 1.13 bits per heavy atom. The fourth-order valence-corrected chi connectivity index (χ4v) is 4.52. The fourth-order valence-electron chi connectivity index (χ4n) is 2.22. The van der Waals surface area contributed by atoms with Crippen LogP contribution >= 0.6 is 0 Å². The van der Waals surface area contributed by atoms with Gasteiger partial charge in [0.25, 0.3) is 0 Å². The first kappa shape index (κ1) is 17.9. The molecule has 1 aromatic carbocycles. The van der Waals surface area contributed by atoms with Crippen LogP contribution in [-0.2, 0) is 25.2 Å². The van der Waals surface area contributed by atoms with Crippen molar-refractivity contribution in [2.75, 3.05) is 18.1 Å². The number of benzene rings is 1. The van der Waals surface area contributed by atoms with Crippen LogP contribution in [0.15, 0.2) is 29.2 Å². The first-order valence-electron chi connectivity index (χ1n) is 8.08. The Balaban J connectivity index is 1.82. The van der Waals surface area contributed by atoms with E-state index in [1.165, 1.54) is 29.2 Å². The summed E-state index contributed by atoms with van der Waals surface area (Å²) in [7, 11) is 0.358. The van der Waals surface area contributed by atoms with Crippen LogP contribution in [0.4, 0.5) is 0 Å². The molecule has 0 bridgehead atoms. The molecule has 0 amide bonds. The van der Waals surface area contributed by atoms with Crippen molar-refractivity contribution in [1.82, 2.24) is 0 Å². The van der Waals surface area contributed by atoms with Crippen molar-refractivity contribution in [2.45, 2.75) is 44.9 Å². The molecular formula is C18H25O4S+. The van der Waals surface area contributed by atoms with Gasteiger partial charge in [-0.2, -0.15) is 0 Å². The third-order valence-electron chi connectivity index (χ3n) is 4.18. The highest BCUT2D eigenvalue weighted by molar-refractivity contribution is 7.97. The quantitative estimate of drug-likeness (QED) is 0.454. The Labute approximate surface area is 140 Å². The second-order valence-corrected chi connectivity index (χ2v) is 8.64. The van der Waals surface area contributed by atoms with Gasteiger partial charge in [-0.05, 0) is 57.4 Å². The van der Waals surface area contributed by atoms with Crippen molar-refractivity contribution < 1.29 is 19.1 Å². The van der Waals surface area contributed by atoms with E-state index in [4.69, 9.17) is 9.47 Å². The monoisotopic (exact) mass is 337 g/mol. The number of carbonyl (C=O) groups is 2. The molecule has 4 nitrogen and oxygen atoms in total. The van der Waals surface area contributed by atoms with Crippen LogP contribution < -0.4 is 4.74 Å². The van der Waals surface area contributed by atoms with E-state index in [9.17, 15) is 9.59 Å². The van der Waals surface area contributed by atoms with Crippen molar-refractivity contribution >= 4 is 22.8 Å². The molecule has 23 heavy (non-hydrogen) atoms. The van der Waals surface area contributed by atoms with Gasteiger partial charge >= 0.3 is 11.9 Å². The first-order valence-corrected chi connectivity index (χ1v) is 9.64. The number of rotatable bonds is 6. The summed E-state index contributed by atoms with van der Waals surface area (Å²) in [6, 6.07) is 7.69. The maximum absolute atomic E-state index is 11.8. The van der Waals surface area contributed by atoms with Gasteiger partial charge in [0.2, 0.25) is 0 Å². The third kappa shape index (κ3) is 4.99. The molecule has 1 heterocycles. The molecule has 0 spiro atoms. The average Bonchev–Trinajstić information content (AvgIpc) is 3.07. The molecule has 0 aromatic heterocycles. The molecule has 1 saturated heterocycles. The van der Waals surface area contributed by atoms with Crippen LogP contribution in [0.3, 0.4) is 0 Å². The summed E-state index contributed by atoms with van der Waals surface area (Å²) in [5.41, 5.74) is -0.579. The van der Waals surface area contributed by atoms with Crippen LogP contribution in [-0.4, -0.2) is 30.1 Å².